The minimum atomic E-state index is -1.10. The molecule has 10 heteroatoms. The molecule has 49 heavy (non-hydrogen) atoms. The predicted octanol–water partition coefficient (Wildman–Crippen LogP) is 8.27. The highest BCUT2D eigenvalue weighted by Gasteiger charge is 2.41. The van der Waals surface area contributed by atoms with Gasteiger partial charge in [0.25, 0.3) is 5.91 Å². The molecule has 0 spiro atoms. The largest absolute Gasteiger partial charge is 0.497 e. The van der Waals surface area contributed by atoms with Gasteiger partial charge in [-0.15, -0.1) is 0 Å². The SMILES string of the molecule is COc1ccc(CN2C(=O)C(C)(C)Oc3cc(N(C)c4cc5c(ncn5C)c(N=C(c5ccccc5)c5ccccc5)n4)c(Cl)cc32)cc1. The number of nitrogens with zero attached hydrogens (tertiary/aromatic N) is 6. The van der Waals surface area contributed by atoms with Crippen molar-refractivity contribution < 1.29 is 14.3 Å². The predicted molar refractivity (Wildman–Crippen MR) is 195 cm³/mol. The molecule has 0 unspecified atom stereocenters. The van der Waals surface area contributed by atoms with Gasteiger partial charge in [0.2, 0.25) is 0 Å². The van der Waals surface area contributed by atoms with Gasteiger partial charge in [0.1, 0.15) is 22.8 Å². The third kappa shape index (κ3) is 6.09. The Morgan fingerprint density at radius 1 is 0.959 bits per heavy atom. The van der Waals surface area contributed by atoms with Crippen LogP contribution >= 0.6 is 11.6 Å². The van der Waals surface area contributed by atoms with Gasteiger partial charge in [-0.2, -0.15) is 0 Å². The van der Waals surface area contributed by atoms with Crippen LogP contribution in [0.1, 0.15) is 30.5 Å². The molecule has 3 heterocycles. The number of anilines is 3. The summed E-state index contributed by atoms with van der Waals surface area (Å²) in [5.74, 6) is 2.21. The number of benzene rings is 4. The molecule has 1 aliphatic heterocycles. The van der Waals surface area contributed by atoms with Crippen molar-refractivity contribution in [3.05, 3.63) is 131 Å². The van der Waals surface area contributed by atoms with Crippen molar-refractivity contribution in [2.75, 3.05) is 24.0 Å². The maximum absolute atomic E-state index is 13.6. The molecule has 0 saturated carbocycles. The first-order chi connectivity index (χ1) is 23.6. The second-order valence-corrected chi connectivity index (χ2v) is 12.8. The molecule has 0 saturated heterocycles. The molecule has 0 atom stereocenters. The van der Waals surface area contributed by atoms with Crippen LogP contribution in [0.4, 0.5) is 23.0 Å². The summed E-state index contributed by atoms with van der Waals surface area (Å²) in [6.45, 7) is 3.90. The molecule has 2 aromatic heterocycles. The maximum Gasteiger partial charge on any atom is 0.271 e. The van der Waals surface area contributed by atoms with Crippen LogP contribution in [0.15, 0.2) is 114 Å². The van der Waals surface area contributed by atoms with E-state index >= 15 is 0 Å². The van der Waals surface area contributed by atoms with Gasteiger partial charge in [-0.25, -0.2) is 15.0 Å². The smallest absolute Gasteiger partial charge is 0.271 e. The number of aryl methyl sites for hydroxylation is 1. The molecule has 0 fully saturated rings. The molecule has 9 nitrogen and oxygen atoms in total. The number of halogens is 1. The molecule has 0 aliphatic carbocycles. The van der Waals surface area contributed by atoms with Gasteiger partial charge in [0, 0.05) is 37.4 Å². The van der Waals surface area contributed by atoms with Crippen molar-refractivity contribution in [2.45, 2.75) is 26.0 Å². The van der Waals surface area contributed by atoms with Crippen LogP contribution in [0.3, 0.4) is 0 Å². The monoisotopic (exact) mass is 670 g/mol. The molecule has 0 radical (unpaired) electrons. The fourth-order valence-corrected chi connectivity index (χ4v) is 6.26. The number of carbonyl (C=O) groups excluding carboxylic acids is 1. The van der Waals surface area contributed by atoms with Crippen LogP contribution in [0.2, 0.25) is 5.02 Å². The third-order valence-electron chi connectivity index (χ3n) is 8.64. The van der Waals surface area contributed by atoms with Gasteiger partial charge < -0.3 is 23.8 Å². The van der Waals surface area contributed by atoms with Crippen LogP contribution in [-0.2, 0) is 18.4 Å². The third-order valence-corrected chi connectivity index (χ3v) is 8.94. The van der Waals surface area contributed by atoms with Crippen LogP contribution in [0.5, 0.6) is 11.5 Å². The first kappa shape index (κ1) is 31.9. The number of hydrogen-bond donors (Lipinski definition) is 0. The van der Waals surface area contributed by atoms with Crippen molar-refractivity contribution in [1.29, 1.82) is 0 Å². The lowest BCUT2D eigenvalue weighted by molar-refractivity contribution is -0.132. The molecule has 1 aliphatic rings. The van der Waals surface area contributed by atoms with Gasteiger partial charge in [-0.1, -0.05) is 84.4 Å². The van der Waals surface area contributed by atoms with Gasteiger partial charge in [-0.05, 0) is 37.6 Å². The molecule has 0 N–H and O–H groups in total. The minimum Gasteiger partial charge on any atom is -0.497 e. The number of ether oxygens (including phenoxy) is 2. The number of pyridine rings is 1. The van der Waals surface area contributed by atoms with E-state index in [1.165, 1.54) is 0 Å². The zero-order chi connectivity index (χ0) is 34.3. The second-order valence-electron chi connectivity index (χ2n) is 12.4. The highest BCUT2D eigenvalue weighted by molar-refractivity contribution is 6.34. The Morgan fingerprint density at radius 3 is 2.24 bits per heavy atom. The molecule has 1 amide bonds. The zero-order valence-corrected chi connectivity index (χ0v) is 28.6. The summed E-state index contributed by atoms with van der Waals surface area (Å²) >= 11 is 7.02. The van der Waals surface area contributed by atoms with Crippen molar-refractivity contribution in [3.63, 3.8) is 0 Å². The van der Waals surface area contributed by atoms with E-state index in [0.29, 0.717) is 45.8 Å². The Labute approximate surface area is 290 Å². The lowest BCUT2D eigenvalue weighted by Gasteiger charge is -2.39. The summed E-state index contributed by atoms with van der Waals surface area (Å²) < 4.78 is 13.6. The van der Waals surface area contributed by atoms with E-state index in [1.54, 1.807) is 38.3 Å². The number of imidazole rings is 1. The minimum absolute atomic E-state index is 0.161. The summed E-state index contributed by atoms with van der Waals surface area (Å²) in [4.78, 5) is 32.1. The van der Waals surface area contributed by atoms with Crippen molar-refractivity contribution in [3.8, 4) is 11.5 Å². The van der Waals surface area contributed by atoms with Crippen molar-refractivity contribution in [2.24, 2.45) is 12.0 Å². The fraction of sp³-hybridized carbons (Fsp3) is 0.179. The van der Waals surface area contributed by atoms with Crippen molar-refractivity contribution in [1.82, 2.24) is 14.5 Å². The molecule has 7 rings (SSSR count). The zero-order valence-electron chi connectivity index (χ0n) is 27.9. The topological polar surface area (TPSA) is 85.1 Å². The average Bonchev–Trinajstić information content (AvgIpc) is 3.50. The van der Waals surface area contributed by atoms with Gasteiger partial charge in [-0.3, -0.25) is 4.79 Å². The quantitative estimate of drug-likeness (QED) is 0.152. The number of amides is 1. The standard InChI is InChI=1S/C39H35ClN6O3/c1-39(2)38(47)46(23-25-16-18-28(48-5)19-17-25)31-20-29(40)30(21-33(31)49-39)45(4)34-22-32-36(41-24-44(32)3)37(42-34)43-35(26-12-8-6-9-13-26)27-14-10-7-11-15-27/h6-22,24H,23H2,1-5H3. The first-order valence-corrected chi connectivity index (χ1v) is 16.2. The molecular formula is C39H35ClN6O3. The molecule has 4 aromatic carbocycles. The van der Waals surface area contributed by atoms with Gasteiger partial charge in [0.15, 0.2) is 11.4 Å². The van der Waals surface area contributed by atoms with Crippen LogP contribution < -0.4 is 19.3 Å². The summed E-state index contributed by atoms with van der Waals surface area (Å²) in [5, 5.41) is 0.434. The Morgan fingerprint density at radius 2 is 1.61 bits per heavy atom. The van der Waals surface area contributed by atoms with Crippen molar-refractivity contribution >= 4 is 57.3 Å². The number of methoxy groups -OCH3 is 1. The summed E-state index contributed by atoms with van der Waals surface area (Å²) in [5.41, 5.74) is 5.35. The number of aliphatic imine (C=N–C) groups is 1. The molecule has 0 bridgehead atoms. The lowest BCUT2D eigenvalue weighted by atomic mass is 10.0. The van der Waals surface area contributed by atoms with E-state index in [4.69, 9.17) is 31.1 Å². The van der Waals surface area contributed by atoms with E-state index in [1.807, 2.05) is 121 Å². The second kappa shape index (κ2) is 12.7. The summed E-state index contributed by atoms with van der Waals surface area (Å²) in [6.07, 6.45) is 1.76. The Balaban J connectivity index is 1.32. The summed E-state index contributed by atoms with van der Waals surface area (Å²) in [6, 6.07) is 33.4. The number of rotatable bonds is 8. The van der Waals surface area contributed by atoms with Crippen LogP contribution in [-0.4, -0.2) is 45.9 Å². The number of aromatic nitrogens is 3. The number of carbonyl (C=O) groups is 1. The van der Waals surface area contributed by atoms with E-state index in [0.717, 1.165) is 33.7 Å². The number of fused-ring (bicyclic) bond motifs is 2. The van der Waals surface area contributed by atoms with E-state index in [-0.39, 0.29) is 5.91 Å². The fourth-order valence-electron chi connectivity index (χ4n) is 5.97. The first-order valence-electron chi connectivity index (χ1n) is 15.9. The molecular weight excluding hydrogens is 636 g/mol. The normalized spacial score (nSPS) is 13.5. The number of hydrogen-bond acceptors (Lipinski definition) is 7. The summed E-state index contributed by atoms with van der Waals surface area (Å²) in [7, 11) is 5.47. The molecule has 6 aromatic rings. The highest BCUT2D eigenvalue weighted by atomic mass is 35.5. The van der Waals surface area contributed by atoms with Gasteiger partial charge >= 0.3 is 0 Å². The van der Waals surface area contributed by atoms with Crippen LogP contribution in [0.25, 0.3) is 11.0 Å². The van der Waals surface area contributed by atoms with E-state index < -0.39 is 5.60 Å². The average molecular weight is 671 g/mol. The molecule has 246 valence electrons. The Hall–Kier alpha value is -5.67. The highest BCUT2D eigenvalue weighted by Crippen LogP contribution is 2.45. The van der Waals surface area contributed by atoms with E-state index in [9.17, 15) is 4.79 Å². The lowest BCUT2D eigenvalue weighted by Crippen LogP contribution is -2.52. The van der Waals surface area contributed by atoms with Gasteiger partial charge in [0.05, 0.1) is 47.6 Å². The van der Waals surface area contributed by atoms with Crippen LogP contribution in [0, 0.1) is 0 Å². The maximum atomic E-state index is 13.6. The Bertz CT molecular complexity index is 2160. The Kier molecular flexibility index (Phi) is 8.30. The van der Waals surface area contributed by atoms with E-state index in [2.05, 4.69) is 4.98 Å².